The van der Waals surface area contributed by atoms with E-state index in [1.54, 1.807) is 26.4 Å². The highest BCUT2D eigenvalue weighted by Crippen LogP contribution is 2.32. The summed E-state index contributed by atoms with van der Waals surface area (Å²) in [5.74, 6) is 1.27. The SMILES string of the molecule is COc1ccc(C(O)c2ccc(C)c(C)c2)cc1OC. The second-order valence-electron chi connectivity index (χ2n) is 4.86. The molecule has 0 saturated heterocycles. The first-order chi connectivity index (χ1) is 9.56. The molecule has 1 unspecified atom stereocenters. The first-order valence-electron chi connectivity index (χ1n) is 6.54. The molecule has 0 heterocycles. The third kappa shape index (κ3) is 2.78. The summed E-state index contributed by atoms with van der Waals surface area (Å²) >= 11 is 0. The Morgan fingerprint density at radius 1 is 0.800 bits per heavy atom. The van der Waals surface area contributed by atoms with Crippen LogP contribution in [0.4, 0.5) is 0 Å². The fourth-order valence-corrected chi connectivity index (χ4v) is 2.15. The molecule has 2 aromatic rings. The van der Waals surface area contributed by atoms with E-state index in [1.165, 1.54) is 11.1 Å². The maximum Gasteiger partial charge on any atom is 0.161 e. The van der Waals surface area contributed by atoms with Crippen LogP contribution >= 0.6 is 0 Å². The summed E-state index contributed by atoms with van der Waals surface area (Å²) in [4.78, 5) is 0. The van der Waals surface area contributed by atoms with Gasteiger partial charge >= 0.3 is 0 Å². The summed E-state index contributed by atoms with van der Waals surface area (Å²) in [5, 5.41) is 10.5. The van der Waals surface area contributed by atoms with E-state index in [9.17, 15) is 5.11 Å². The topological polar surface area (TPSA) is 38.7 Å². The maximum absolute atomic E-state index is 10.5. The molecule has 0 amide bonds. The lowest BCUT2D eigenvalue weighted by molar-refractivity contribution is 0.219. The van der Waals surface area contributed by atoms with E-state index >= 15 is 0 Å². The number of ether oxygens (including phenoxy) is 2. The van der Waals surface area contributed by atoms with Crippen molar-refractivity contribution in [3.05, 3.63) is 58.7 Å². The number of hydrogen-bond donors (Lipinski definition) is 1. The zero-order valence-corrected chi connectivity index (χ0v) is 12.3. The second kappa shape index (κ2) is 5.97. The van der Waals surface area contributed by atoms with Crippen molar-refractivity contribution in [1.29, 1.82) is 0 Å². The Balaban J connectivity index is 2.37. The first kappa shape index (κ1) is 14.4. The summed E-state index contributed by atoms with van der Waals surface area (Å²) < 4.78 is 10.5. The van der Waals surface area contributed by atoms with Crippen LogP contribution in [0.3, 0.4) is 0 Å². The number of aliphatic hydroxyl groups excluding tert-OH is 1. The number of methoxy groups -OCH3 is 2. The van der Waals surface area contributed by atoms with Crippen molar-refractivity contribution in [2.45, 2.75) is 20.0 Å². The molecule has 0 aliphatic heterocycles. The highest BCUT2D eigenvalue weighted by molar-refractivity contribution is 5.45. The quantitative estimate of drug-likeness (QED) is 0.927. The molecular weight excluding hydrogens is 252 g/mol. The van der Waals surface area contributed by atoms with Gasteiger partial charge in [0.15, 0.2) is 11.5 Å². The van der Waals surface area contributed by atoms with E-state index in [-0.39, 0.29) is 0 Å². The van der Waals surface area contributed by atoms with Crippen LogP contribution in [0.5, 0.6) is 11.5 Å². The van der Waals surface area contributed by atoms with Crippen LogP contribution in [-0.4, -0.2) is 19.3 Å². The molecule has 0 bridgehead atoms. The van der Waals surface area contributed by atoms with E-state index in [4.69, 9.17) is 9.47 Å². The van der Waals surface area contributed by atoms with Gasteiger partial charge in [-0.25, -0.2) is 0 Å². The molecule has 3 nitrogen and oxygen atoms in total. The van der Waals surface area contributed by atoms with Gasteiger partial charge in [0, 0.05) is 0 Å². The second-order valence-corrected chi connectivity index (χ2v) is 4.86. The summed E-state index contributed by atoms with van der Waals surface area (Å²) in [6.45, 7) is 4.10. The highest BCUT2D eigenvalue weighted by Gasteiger charge is 2.14. The smallest absolute Gasteiger partial charge is 0.161 e. The molecule has 2 aromatic carbocycles. The molecule has 106 valence electrons. The van der Waals surface area contributed by atoms with Crippen LogP contribution in [0.15, 0.2) is 36.4 Å². The molecular formula is C17H20O3. The van der Waals surface area contributed by atoms with Gasteiger partial charge in [-0.1, -0.05) is 24.3 Å². The van der Waals surface area contributed by atoms with Gasteiger partial charge in [-0.2, -0.15) is 0 Å². The molecule has 0 spiro atoms. The largest absolute Gasteiger partial charge is 0.493 e. The van der Waals surface area contributed by atoms with Gasteiger partial charge in [0.2, 0.25) is 0 Å². The lowest BCUT2D eigenvalue weighted by atomic mass is 9.97. The van der Waals surface area contributed by atoms with Gasteiger partial charge in [-0.3, -0.25) is 0 Å². The highest BCUT2D eigenvalue weighted by atomic mass is 16.5. The average molecular weight is 272 g/mol. The van der Waals surface area contributed by atoms with Crippen LogP contribution in [0, 0.1) is 13.8 Å². The number of benzene rings is 2. The molecule has 3 heteroatoms. The third-order valence-electron chi connectivity index (χ3n) is 3.57. The van der Waals surface area contributed by atoms with Crippen LogP contribution in [0.2, 0.25) is 0 Å². The van der Waals surface area contributed by atoms with E-state index in [0.717, 1.165) is 11.1 Å². The third-order valence-corrected chi connectivity index (χ3v) is 3.57. The Kier molecular flexibility index (Phi) is 4.30. The molecule has 0 aromatic heterocycles. The number of aliphatic hydroxyl groups is 1. The number of rotatable bonds is 4. The monoisotopic (exact) mass is 272 g/mol. The van der Waals surface area contributed by atoms with Crippen LogP contribution < -0.4 is 9.47 Å². The van der Waals surface area contributed by atoms with Gasteiger partial charge in [-0.15, -0.1) is 0 Å². The van der Waals surface area contributed by atoms with Crippen LogP contribution in [0.25, 0.3) is 0 Å². The molecule has 2 rings (SSSR count). The molecule has 0 saturated carbocycles. The number of hydrogen-bond acceptors (Lipinski definition) is 3. The first-order valence-corrected chi connectivity index (χ1v) is 6.54. The van der Waals surface area contributed by atoms with Crippen molar-refractivity contribution in [2.75, 3.05) is 14.2 Å². The molecule has 1 N–H and O–H groups in total. The Morgan fingerprint density at radius 3 is 2.00 bits per heavy atom. The Bertz CT molecular complexity index is 605. The van der Waals surface area contributed by atoms with E-state index in [1.807, 2.05) is 31.2 Å². The molecule has 0 aliphatic rings. The fourth-order valence-electron chi connectivity index (χ4n) is 2.15. The normalized spacial score (nSPS) is 12.1. The van der Waals surface area contributed by atoms with Crippen LogP contribution in [-0.2, 0) is 0 Å². The van der Waals surface area contributed by atoms with E-state index in [0.29, 0.717) is 11.5 Å². The van der Waals surface area contributed by atoms with E-state index < -0.39 is 6.10 Å². The van der Waals surface area contributed by atoms with Crippen molar-refractivity contribution in [1.82, 2.24) is 0 Å². The zero-order valence-electron chi connectivity index (χ0n) is 12.3. The molecule has 0 aliphatic carbocycles. The zero-order chi connectivity index (χ0) is 14.7. The van der Waals surface area contributed by atoms with Crippen molar-refractivity contribution in [2.24, 2.45) is 0 Å². The van der Waals surface area contributed by atoms with Crippen molar-refractivity contribution < 1.29 is 14.6 Å². The van der Waals surface area contributed by atoms with Crippen molar-refractivity contribution in [3.8, 4) is 11.5 Å². The predicted molar refractivity (Wildman–Crippen MR) is 79.5 cm³/mol. The van der Waals surface area contributed by atoms with Gasteiger partial charge < -0.3 is 14.6 Å². The standard InChI is InChI=1S/C17H20O3/c1-11-5-6-13(9-12(11)2)17(18)14-7-8-15(19-3)16(10-14)20-4/h5-10,17-18H,1-4H3. The minimum absolute atomic E-state index is 0.618. The van der Waals surface area contributed by atoms with Crippen molar-refractivity contribution >= 4 is 0 Å². The van der Waals surface area contributed by atoms with Gasteiger partial charge in [0.05, 0.1) is 14.2 Å². The van der Waals surface area contributed by atoms with Crippen LogP contribution in [0.1, 0.15) is 28.4 Å². The van der Waals surface area contributed by atoms with Gasteiger partial charge in [0.1, 0.15) is 6.10 Å². The fraction of sp³-hybridized carbons (Fsp3) is 0.294. The maximum atomic E-state index is 10.5. The molecule has 0 fully saturated rings. The lowest BCUT2D eigenvalue weighted by Crippen LogP contribution is -2.02. The van der Waals surface area contributed by atoms with Gasteiger partial charge in [-0.05, 0) is 48.2 Å². The van der Waals surface area contributed by atoms with Crippen molar-refractivity contribution in [3.63, 3.8) is 0 Å². The minimum atomic E-state index is -0.672. The molecule has 0 radical (unpaired) electrons. The molecule has 20 heavy (non-hydrogen) atoms. The Labute approximate surface area is 119 Å². The summed E-state index contributed by atoms with van der Waals surface area (Å²) in [5.41, 5.74) is 4.04. The Morgan fingerprint density at radius 2 is 1.40 bits per heavy atom. The summed E-state index contributed by atoms with van der Waals surface area (Å²) in [6.07, 6.45) is -0.672. The summed E-state index contributed by atoms with van der Waals surface area (Å²) in [7, 11) is 3.18. The predicted octanol–water partition coefficient (Wildman–Crippen LogP) is 3.40. The minimum Gasteiger partial charge on any atom is -0.493 e. The van der Waals surface area contributed by atoms with E-state index in [2.05, 4.69) is 6.92 Å². The lowest BCUT2D eigenvalue weighted by Gasteiger charge is -2.15. The summed E-state index contributed by atoms with van der Waals surface area (Å²) in [6, 6.07) is 11.4. The number of aryl methyl sites for hydroxylation is 2. The van der Waals surface area contributed by atoms with Gasteiger partial charge in [0.25, 0.3) is 0 Å². The Hall–Kier alpha value is -2.00. The average Bonchev–Trinajstić information content (AvgIpc) is 2.48. The molecule has 1 atom stereocenters.